The molecule has 0 bridgehead atoms. The fourth-order valence-electron chi connectivity index (χ4n) is 0.840. The van der Waals surface area contributed by atoms with Crippen LogP contribution in [0.15, 0.2) is 11.7 Å². The lowest BCUT2D eigenvalue weighted by Gasteiger charge is -2.21. The molecule has 68 valence electrons. The van der Waals surface area contributed by atoms with E-state index in [0.29, 0.717) is 6.04 Å². The summed E-state index contributed by atoms with van der Waals surface area (Å²) in [5.74, 6) is 0. The highest BCUT2D eigenvalue weighted by Crippen LogP contribution is 2.10. The van der Waals surface area contributed by atoms with Gasteiger partial charge >= 0.3 is 0 Å². The van der Waals surface area contributed by atoms with Gasteiger partial charge in [0.15, 0.2) is 0 Å². The number of alkyl halides is 1. The van der Waals surface area contributed by atoms with Crippen molar-refractivity contribution in [3.63, 3.8) is 0 Å². The highest BCUT2D eigenvalue weighted by molar-refractivity contribution is 9.09. The van der Waals surface area contributed by atoms with Crippen molar-refractivity contribution < 1.29 is 0 Å². The Balaban J connectivity index is 2.41. The number of thiazole rings is 1. The Labute approximate surface area is 85.7 Å². The Bertz CT molecular complexity index is 213. The van der Waals surface area contributed by atoms with Gasteiger partial charge in [0.1, 0.15) is 0 Å². The lowest BCUT2D eigenvalue weighted by atomic mass is 10.3. The molecule has 0 spiro atoms. The third kappa shape index (κ3) is 2.84. The normalized spacial score (nSPS) is 13.7. The van der Waals surface area contributed by atoms with Crippen molar-refractivity contribution in [3.8, 4) is 0 Å². The van der Waals surface area contributed by atoms with Gasteiger partial charge in [-0.05, 0) is 14.0 Å². The lowest BCUT2D eigenvalue weighted by molar-refractivity contribution is 0.273. The Morgan fingerprint density at radius 1 is 1.75 bits per heavy atom. The van der Waals surface area contributed by atoms with Gasteiger partial charge in [-0.2, -0.15) is 0 Å². The van der Waals surface area contributed by atoms with E-state index in [1.54, 1.807) is 11.3 Å². The molecule has 1 heterocycles. The maximum atomic E-state index is 4.04. The highest BCUT2D eigenvalue weighted by atomic mass is 79.9. The van der Waals surface area contributed by atoms with Crippen LogP contribution in [0.2, 0.25) is 0 Å². The van der Waals surface area contributed by atoms with Crippen molar-refractivity contribution >= 4 is 27.3 Å². The monoisotopic (exact) mass is 248 g/mol. The van der Waals surface area contributed by atoms with Crippen LogP contribution in [0, 0.1) is 0 Å². The third-order valence-corrected chi connectivity index (χ3v) is 3.57. The van der Waals surface area contributed by atoms with E-state index in [1.165, 1.54) is 4.88 Å². The van der Waals surface area contributed by atoms with Crippen LogP contribution in [0.4, 0.5) is 0 Å². The van der Waals surface area contributed by atoms with Gasteiger partial charge in [0, 0.05) is 29.0 Å². The molecular formula is C8H13BrN2S. The van der Waals surface area contributed by atoms with E-state index >= 15 is 0 Å². The smallest absolute Gasteiger partial charge is 0.0794 e. The van der Waals surface area contributed by atoms with Crippen LogP contribution in [0.1, 0.15) is 11.8 Å². The molecule has 1 unspecified atom stereocenters. The fourth-order valence-corrected chi connectivity index (χ4v) is 1.99. The van der Waals surface area contributed by atoms with Gasteiger partial charge in [0.05, 0.1) is 5.51 Å². The topological polar surface area (TPSA) is 16.1 Å². The van der Waals surface area contributed by atoms with Crippen LogP contribution in [0.5, 0.6) is 0 Å². The molecule has 0 N–H and O–H groups in total. The molecule has 0 aliphatic rings. The molecule has 1 aromatic heterocycles. The minimum absolute atomic E-state index is 0.576. The van der Waals surface area contributed by atoms with Gasteiger partial charge in [-0.25, -0.2) is 0 Å². The molecule has 0 fully saturated rings. The van der Waals surface area contributed by atoms with Crippen LogP contribution in [0.25, 0.3) is 0 Å². The molecule has 0 aliphatic heterocycles. The van der Waals surface area contributed by atoms with Crippen LogP contribution in [0.3, 0.4) is 0 Å². The summed E-state index contributed by atoms with van der Waals surface area (Å²) < 4.78 is 0. The molecular weight excluding hydrogens is 236 g/mol. The molecule has 0 saturated carbocycles. The van der Waals surface area contributed by atoms with E-state index in [4.69, 9.17) is 0 Å². The molecule has 1 atom stereocenters. The highest BCUT2D eigenvalue weighted by Gasteiger charge is 2.07. The summed E-state index contributed by atoms with van der Waals surface area (Å²) in [6, 6.07) is 0.576. The zero-order chi connectivity index (χ0) is 8.97. The second-order valence-corrected chi connectivity index (χ2v) is 4.50. The molecule has 1 rings (SSSR count). The van der Waals surface area contributed by atoms with Crippen molar-refractivity contribution in [1.29, 1.82) is 0 Å². The quantitative estimate of drug-likeness (QED) is 0.761. The Hall–Kier alpha value is 0.0700. The second-order valence-electron chi connectivity index (χ2n) is 2.89. The zero-order valence-corrected chi connectivity index (χ0v) is 9.73. The number of aromatic nitrogens is 1. The average molecular weight is 249 g/mol. The summed E-state index contributed by atoms with van der Waals surface area (Å²) in [7, 11) is 2.13. The number of halogens is 1. The predicted molar refractivity (Wildman–Crippen MR) is 56.8 cm³/mol. The molecule has 0 saturated heterocycles. The van der Waals surface area contributed by atoms with Gasteiger partial charge < -0.3 is 0 Å². The largest absolute Gasteiger partial charge is 0.298 e. The van der Waals surface area contributed by atoms with E-state index in [9.17, 15) is 0 Å². The van der Waals surface area contributed by atoms with Gasteiger partial charge in [-0.15, -0.1) is 11.3 Å². The van der Waals surface area contributed by atoms with Gasteiger partial charge in [0.25, 0.3) is 0 Å². The Morgan fingerprint density at radius 2 is 2.50 bits per heavy atom. The maximum absolute atomic E-state index is 4.04. The summed E-state index contributed by atoms with van der Waals surface area (Å²) in [6.07, 6.45) is 1.93. The van der Waals surface area contributed by atoms with Crippen molar-refractivity contribution in [3.05, 3.63) is 16.6 Å². The molecule has 2 nitrogen and oxygen atoms in total. The molecule has 12 heavy (non-hydrogen) atoms. The van der Waals surface area contributed by atoms with Crippen LogP contribution >= 0.6 is 27.3 Å². The first-order chi connectivity index (χ1) is 5.74. The summed E-state index contributed by atoms with van der Waals surface area (Å²) in [5, 5.41) is 1.02. The minimum Gasteiger partial charge on any atom is -0.298 e. The molecule has 4 heteroatoms. The van der Waals surface area contributed by atoms with E-state index < -0.39 is 0 Å². The van der Waals surface area contributed by atoms with Crippen molar-refractivity contribution in [2.45, 2.75) is 19.5 Å². The van der Waals surface area contributed by atoms with Gasteiger partial charge in [0.2, 0.25) is 0 Å². The number of hydrogen-bond donors (Lipinski definition) is 0. The summed E-state index contributed by atoms with van der Waals surface area (Å²) in [5.41, 5.74) is 1.88. The fraction of sp³-hybridized carbons (Fsp3) is 0.625. The van der Waals surface area contributed by atoms with Crippen LogP contribution < -0.4 is 0 Å². The van der Waals surface area contributed by atoms with E-state index in [1.807, 2.05) is 11.7 Å². The zero-order valence-electron chi connectivity index (χ0n) is 7.33. The Kier molecular flexibility index (Phi) is 4.18. The molecule has 0 radical (unpaired) electrons. The summed E-state index contributed by atoms with van der Waals surface area (Å²) in [6.45, 7) is 3.20. The first kappa shape index (κ1) is 10.2. The number of nitrogens with zero attached hydrogens (tertiary/aromatic N) is 2. The number of rotatable bonds is 4. The predicted octanol–water partition coefficient (Wildman–Crippen LogP) is 2.36. The molecule has 0 aromatic carbocycles. The third-order valence-electron chi connectivity index (χ3n) is 1.86. The molecule has 0 amide bonds. The Morgan fingerprint density at radius 3 is 3.00 bits per heavy atom. The van der Waals surface area contributed by atoms with Crippen LogP contribution in [-0.4, -0.2) is 28.3 Å². The minimum atomic E-state index is 0.576. The SMILES string of the molecule is CC(CBr)N(C)Cc1cncs1. The summed E-state index contributed by atoms with van der Waals surface area (Å²) >= 11 is 5.18. The van der Waals surface area contributed by atoms with E-state index in [2.05, 4.69) is 39.8 Å². The molecule has 0 aliphatic carbocycles. The van der Waals surface area contributed by atoms with Gasteiger partial charge in [-0.1, -0.05) is 15.9 Å². The standard InChI is InChI=1S/C8H13BrN2S/c1-7(3-9)11(2)5-8-4-10-6-12-8/h4,6-7H,3,5H2,1-2H3. The maximum Gasteiger partial charge on any atom is 0.0794 e. The van der Waals surface area contributed by atoms with Crippen molar-refractivity contribution in [2.24, 2.45) is 0 Å². The van der Waals surface area contributed by atoms with Crippen LogP contribution in [-0.2, 0) is 6.54 Å². The second kappa shape index (κ2) is 4.94. The molecule has 1 aromatic rings. The lowest BCUT2D eigenvalue weighted by Crippen LogP contribution is -2.29. The van der Waals surface area contributed by atoms with Crippen molar-refractivity contribution in [2.75, 3.05) is 12.4 Å². The van der Waals surface area contributed by atoms with E-state index in [-0.39, 0.29) is 0 Å². The first-order valence-electron chi connectivity index (χ1n) is 3.87. The first-order valence-corrected chi connectivity index (χ1v) is 5.87. The van der Waals surface area contributed by atoms with E-state index in [0.717, 1.165) is 11.9 Å². The number of hydrogen-bond acceptors (Lipinski definition) is 3. The average Bonchev–Trinajstić information content (AvgIpc) is 2.55. The summed E-state index contributed by atoms with van der Waals surface area (Å²) in [4.78, 5) is 7.67. The van der Waals surface area contributed by atoms with Gasteiger partial charge in [-0.3, -0.25) is 9.88 Å². The van der Waals surface area contributed by atoms with Crippen molar-refractivity contribution in [1.82, 2.24) is 9.88 Å².